The number of carbonyl (C=O) groups excluding carboxylic acids is 1. The third-order valence-corrected chi connectivity index (χ3v) is 5.44. The number of carbonyl (C=O) groups is 1. The van der Waals surface area contributed by atoms with Crippen molar-refractivity contribution in [1.82, 2.24) is 5.32 Å². The molecule has 5 nitrogen and oxygen atoms in total. The van der Waals surface area contributed by atoms with Gasteiger partial charge in [-0.3, -0.25) is 4.79 Å². The Morgan fingerprint density at radius 3 is 2.47 bits per heavy atom. The van der Waals surface area contributed by atoms with Crippen LogP contribution in [0.2, 0.25) is 0 Å². The number of hydrogen-bond acceptors (Lipinski definition) is 5. The summed E-state index contributed by atoms with van der Waals surface area (Å²) >= 11 is 1.47. The first-order valence-electron chi connectivity index (χ1n) is 5.56. The van der Waals surface area contributed by atoms with Crippen molar-refractivity contribution in [3.05, 3.63) is 0 Å². The van der Waals surface area contributed by atoms with E-state index < -0.39 is 15.4 Å². The van der Waals surface area contributed by atoms with Gasteiger partial charge in [-0.1, -0.05) is 0 Å². The number of nitrogens with one attached hydrogen (secondary N) is 1. The van der Waals surface area contributed by atoms with Crippen LogP contribution in [-0.4, -0.2) is 50.4 Å². The van der Waals surface area contributed by atoms with Crippen LogP contribution in [-0.2, 0) is 14.6 Å². The summed E-state index contributed by atoms with van der Waals surface area (Å²) in [6.45, 7) is 0. The fourth-order valence-electron chi connectivity index (χ4n) is 1.81. The number of amides is 1. The minimum atomic E-state index is -2.93. The average Bonchev–Trinajstić information content (AvgIpc) is 3.00. The molecule has 0 saturated heterocycles. The summed E-state index contributed by atoms with van der Waals surface area (Å²) in [6, 6.07) is 0. The molecule has 1 fully saturated rings. The first-order valence-corrected chi connectivity index (χ1v) is 8.77. The Morgan fingerprint density at radius 1 is 1.53 bits per heavy atom. The van der Waals surface area contributed by atoms with Gasteiger partial charge in [0.2, 0.25) is 5.91 Å². The van der Waals surface area contributed by atoms with Gasteiger partial charge in [0.05, 0.1) is 5.75 Å². The molecular weight excluding hydrogens is 260 g/mol. The molecule has 0 aromatic rings. The zero-order valence-corrected chi connectivity index (χ0v) is 11.9. The number of thioether (sulfide) groups is 1. The maximum absolute atomic E-state index is 11.6. The molecule has 17 heavy (non-hydrogen) atoms. The van der Waals surface area contributed by atoms with E-state index in [-0.39, 0.29) is 11.7 Å². The maximum atomic E-state index is 11.6. The molecule has 1 aliphatic carbocycles. The molecular formula is C10H20N2O3S2. The first-order chi connectivity index (χ1) is 7.82. The molecule has 1 rings (SSSR count). The van der Waals surface area contributed by atoms with Gasteiger partial charge >= 0.3 is 0 Å². The van der Waals surface area contributed by atoms with E-state index in [1.54, 1.807) is 7.05 Å². The lowest BCUT2D eigenvalue weighted by Gasteiger charge is -2.30. The second-order valence-electron chi connectivity index (χ2n) is 4.54. The number of sulfone groups is 1. The number of primary amides is 1. The van der Waals surface area contributed by atoms with Gasteiger partial charge in [-0.15, -0.1) is 0 Å². The third-order valence-electron chi connectivity index (χ3n) is 3.09. The summed E-state index contributed by atoms with van der Waals surface area (Å²) in [4.78, 5) is 11.6. The largest absolute Gasteiger partial charge is 0.368 e. The molecule has 1 atom stereocenters. The molecule has 7 heteroatoms. The van der Waals surface area contributed by atoms with E-state index in [1.165, 1.54) is 18.0 Å². The Balaban J connectivity index is 2.48. The van der Waals surface area contributed by atoms with Crippen LogP contribution in [0.4, 0.5) is 0 Å². The monoisotopic (exact) mass is 280 g/mol. The van der Waals surface area contributed by atoms with E-state index in [4.69, 9.17) is 5.73 Å². The molecule has 1 saturated carbocycles. The standard InChI is InChI=1S/C10H20N2O3S2/c1-12-10(9(11)13,8-3-4-8)7-16-5-6-17(2,14)15/h8,12H,3-7H2,1-2H3,(H2,11,13). The van der Waals surface area contributed by atoms with E-state index in [9.17, 15) is 13.2 Å². The Hall–Kier alpha value is -0.270. The maximum Gasteiger partial charge on any atom is 0.238 e. The topological polar surface area (TPSA) is 89.3 Å². The van der Waals surface area contributed by atoms with Gasteiger partial charge in [0.25, 0.3) is 0 Å². The fourth-order valence-corrected chi connectivity index (χ4v) is 4.48. The van der Waals surface area contributed by atoms with Crippen molar-refractivity contribution in [3.8, 4) is 0 Å². The molecule has 0 aromatic heterocycles. The predicted octanol–water partition coefficient (Wildman–Crippen LogP) is -0.382. The molecule has 0 spiro atoms. The van der Waals surface area contributed by atoms with Crippen LogP contribution >= 0.6 is 11.8 Å². The lowest BCUT2D eigenvalue weighted by atomic mass is 9.95. The summed E-state index contributed by atoms with van der Waals surface area (Å²) in [6.07, 6.45) is 3.24. The minimum absolute atomic E-state index is 0.140. The van der Waals surface area contributed by atoms with Gasteiger partial charge in [0, 0.05) is 17.8 Å². The molecule has 0 aromatic carbocycles. The van der Waals surface area contributed by atoms with Crippen molar-refractivity contribution in [2.45, 2.75) is 18.4 Å². The van der Waals surface area contributed by atoms with Gasteiger partial charge in [-0.25, -0.2) is 8.42 Å². The Kier molecular flexibility index (Phi) is 4.86. The number of rotatable bonds is 8. The SMILES string of the molecule is CNC(CSCCS(C)(=O)=O)(C(N)=O)C1CC1. The predicted molar refractivity (Wildman–Crippen MR) is 70.7 cm³/mol. The zero-order chi connectivity index (χ0) is 13.1. The van der Waals surface area contributed by atoms with E-state index >= 15 is 0 Å². The molecule has 3 N–H and O–H groups in total. The van der Waals surface area contributed by atoms with Crippen LogP contribution in [0.3, 0.4) is 0 Å². The summed E-state index contributed by atoms with van der Waals surface area (Å²) in [5, 5.41) is 3.03. The highest BCUT2D eigenvalue weighted by molar-refractivity contribution is 8.00. The summed E-state index contributed by atoms with van der Waals surface area (Å²) < 4.78 is 22.0. The van der Waals surface area contributed by atoms with Gasteiger partial charge < -0.3 is 11.1 Å². The quantitative estimate of drug-likeness (QED) is 0.592. The van der Waals surface area contributed by atoms with Crippen molar-refractivity contribution in [3.63, 3.8) is 0 Å². The molecule has 100 valence electrons. The lowest BCUT2D eigenvalue weighted by Crippen LogP contribution is -2.58. The van der Waals surface area contributed by atoms with Crippen LogP contribution in [0.1, 0.15) is 12.8 Å². The van der Waals surface area contributed by atoms with E-state index in [1.807, 2.05) is 0 Å². The van der Waals surface area contributed by atoms with Gasteiger partial charge in [0.15, 0.2) is 0 Å². The first kappa shape index (κ1) is 14.8. The third kappa shape index (κ3) is 4.15. The van der Waals surface area contributed by atoms with Crippen molar-refractivity contribution in [2.24, 2.45) is 11.7 Å². The van der Waals surface area contributed by atoms with E-state index in [2.05, 4.69) is 5.32 Å². The zero-order valence-electron chi connectivity index (χ0n) is 10.2. The molecule has 0 heterocycles. The second-order valence-corrected chi connectivity index (χ2v) is 7.91. The highest BCUT2D eigenvalue weighted by atomic mass is 32.2. The highest BCUT2D eigenvalue weighted by Crippen LogP contribution is 2.41. The summed E-state index contributed by atoms with van der Waals surface area (Å²) in [7, 11) is -1.19. The molecule has 1 aliphatic rings. The minimum Gasteiger partial charge on any atom is -0.368 e. The number of nitrogens with two attached hydrogens (primary N) is 1. The molecule has 0 aliphatic heterocycles. The molecule has 1 amide bonds. The second kappa shape index (κ2) is 5.58. The molecule has 0 radical (unpaired) electrons. The van der Waals surface area contributed by atoms with E-state index in [0.29, 0.717) is 17.4 Å². The van der Waals surface area contributed by atoms with Crippen LogP contribution < -0.4 is 11.1 Å². The molecule has 1 unspecified atom stereocenters. The normalized spacial score (nSPS) is 19.9. The van der Waals surface area contributed by atoms with Crippen molar-refractivity contribution >= 4 is 27.5 Å². The van der Waals surface area contributed by atoms with Crippen LogP contribution in [0.15, 0.2) is 0 Å². The van der Waals surface area contributed by atoms with Crippen LogP contribution in [0.25, 0.3) is 0 Å². The lowest BCUT2D eigenvalue weighted by molar-refractivity contribution is -0.124. The average molecular weight is 280 g/mol. The molecule has 0 bridgehead atoms. The number of likely N-dealkylation sites (N-methyl/N-ethyl adjacent to an activating group) is 1. The Morgan fingerprint density at radius 2 is 2.12 bits per heavy atom. The van der Waals surface area contributed by atoms with Gasteiger partial charge in [-0.05, 0) is 25.8 Å². The Labute approximate surface area is 107 Å². The van der Waals surface area contributed by atoms with Crippen molar-refractivity contribution < 1.29 is 13.2 Å². The fraction of sp³-hybridized carbons (Fsp3) is 0.900. The van der Waals surface area contributed by atoms with Gasteiger partial charge in [-0.2, -0.15) is 11.8 Å². The smallest absolute Gasteiger partial charge is 0.238 e. The van der Waals surface area contributed by atoms with Gasteiger partial charge in [0.1, 0.15) is 15.4 Å². The van der Waals surface area contributed by atoms with E-state index in [0.717, 1.165) is 12.8 Å². The number of hydrogen-bond donors (Lipinski definition) is 2. The Bertz CT molecular complexity index is 379. The van der Waals surface area contributed by atoms with Crippen LogP contribution in [0.5, 0.6) is 0 Å². The van der Waals surface area contributed by atoms with Crippen molar-refractivity contribution in [2.75, 3.05) is 30.6 Å². The van der Waals surface area contributed by atoms with Crippen molar-refractivity contribution in [1.29, 1.82) is 0 Å². The van der Waals surface area contributed by atoms with Crippen LogP contribution in [0, 0.1) is 5.92 Å². The summed E-state index contributed by atoms with van der Waals surface area (Å²) in [5.74, 6) is 1.15. The summed E-state index contributed by atoms with van der Waals surface area (Å²) in [5.41, 5.74) is 4.79. The highest BCUT2D eigenvalue weighted by Gasteiger charge is 2.48.